The first-order valence-corrected chi connectivity index (χ1v) is 11.5. The number of aromatic nitrogens is 4. The molecule has 158 valence electrons. The zero-order chi connectivity index (χ0) is 21.4. The fourth-order valence-electron chi connectivity index (χ4n) is 3.85. The van der Waals surface area contributed by atoms with Gasteiger partial charge >= 0.3 is 0 Å². The van der Waals surface area contributed by atoms with Gasteiger partial charge < -0.3 is 9.88 Å². The predicted octanol–water partition coefficient (Wildman–Crippen LogP) is 4.68. The van der Waals surface area contributed by atoms with Crippen molar-refractivity contribution in [1.29, 1.82) is 0 Å². The fourth-order valence-corrected chi connectivity index (χ4v) is 4.74. The number of fused-ring (bicyclic) bond motifs is 1. The summed E-state index contributed by atoms with van der Waals surface area (Å²) >= 11 is 1.45. The van der Waals surface area contributed by atoms with Crippen molar-refractivity contribution in [3.8, 4) is 17.1 Å². The molecule has 0 atom stereocenters. The number of carbonyl (C=O) groups is 1. The first-order valence-electron chi connectivity index (χ1n) is 10.6. The average molecular weight is 432 g/mol. The number of aromatic amines is 1. The Labute approximate surface area is 185 Å². The van der Waals surface area contributed by atoms with Crippen LogP contribution in [0.3, 0.4) is 0 Å². The summed E-state index contributed by atoms with van der Waals surface area (Å²) in [5, 5.41) is 10.9. The van der Waals surface area contributed by atoms with Crippen molar-refractivity contribution in [2.24, 2.45) is 5.92 Å². The minimum Gasteiger partial charge on any atom is -0.360 e. The molecule has 5 rings (SSSR count). The topological polar surface area (TPSA) is 66.8 Å². The Morgan fingerprint density at radius 1 is 1.16 bits per heavy atom. The molecule has 7 heteroatoms. The molecular weight excluding hydrogens is 406 g/mol. The van der Waals surface area contributed by atoms with E-state index in [1.54, 1.807) is 0 Å². The molecule has 0 unspecified atom stereocenters. The minimum absolute atomic E-state index is 0.130. The normalized spacial score (nSPS) is 13.6. The van der Waals surface area contributed by atoms with Crippen LogP contribution in [0.5, 0.6) is 0 Å². The van der Waals surface area contributed by atoms with Crippen molar-refractivity contribution in [2.45, 2.75) is 24.9 Å². The van der Waals surface area contributed by atoms with Gasteiger partial charge in [-0.3, -0.25) is 9.36 Å². The number of nitrogens with one attached hydrogen (secondary N) is 1. The van der Waals surface area contributed by atoms with Crippen LogP contribution in [0.4, 0.5) is 0 Å². The van der Waals surface area contributed by atoms with Gasteiger partial charge in [-0.2, -0.15) is 0 Å². The quantitative estimate of drug-likeness (QED) is 0.431. The number of rotatable bonds is 7. The van der Waals surface area contributed by atoms with E-state index in [4.69, 9.17) is 0 Å². The van der Waals surface area contributed by atoms with E-state index in [2.05, 4.69) is 50.9 Å². The molecule has 1 saturated carbocycles. The van der Waals surface area contributed by atoms with Crippen LogP contribution in [-0.2, 0) is 4.79 Å². The molecule has 1 fully saturated rings. The summed E-state index contributed by atoms with van der Waals surface area (Å²) in [6.07, 6.45) is 4.45. The van der Waals surface area contributed by atoms with Crippen LogP contribution >= 0.6 is 11.8 Å². The zero-order valence-electron chi connectivity index (χ0n) is 17.7. The number of carbonyl (C=O) groups excluding carboxylic acids is 1. The number of H-pyrrole nitrogens is 1. The van der Waals surface area contributed by atoms with Crippen molar-refractivity contribution < 1.29 is 4.79 Å². The second-order valence-electron chi connectivity index (χ2n) is 8.18. The monoisotopic (exact) mass is 431 g/mol. The number of hydrogen-bond donors (Lipinski definition) is 1. The van der Waals surface area contributed by atoms with E-state index in [1.165, 1.54) is 24.6 Å². The lowest BCUT2D eigenvalue weighted by molar-refractivity contribution is -0.127. The molecule has 1 N–H and O–H groups in total. The molecule has 0 bridgehead atoms. The van der Waals surface area contributed by atoms with Crippen LogP contribution in [0, 0.1) is 12.8 Å². The minimum atomic E-state index is 0.130. The van der Waals surface area contributed by atoms with E-state index in [9.17, 15) is 4.79 Å². The Morgan fingerprint density at radius 2 is 1.94 bits per heavy atom. The molecule has 0 saturated heterocycles. The van der Waals surface area contributed by atoms with Crippen molar-refractivity contribution >= 4 is 28.6 Å². The fraction of sp³-hybridized carbons (Fsp3) is 0.292. The van der Waals surface area contributed by atoms with Gasteiger partial charge in [-0.05, 0) is 43.4 Å². The number of para-hydroxylation sites is 2. The highest BCUT2D eigenvalue weighted by molar-refractivity contribution is 7.99. The van der Waals surface area contributed by atoms with E-state index >= 15 is 0 Å². The van der Waals surface area contributed by atoms with Crippen molar-refractivity contribution in [3.05, 3.63) is 60.3 Å². The standard InChI is InChI=1S/C24H25N5OS/c1-16-7-3-6-10-21(16)29-23(19-13-25-20-9-5-4-8-18(19)20)26-27-24(29)31-15-22(30)28(2)14-17-11-12-17/h3-10,13,17,25H,11-12,14-15H2,1-2H3. The summed E-state index contributed by atoms with van der Waals surface area (Å²) < 4.78 is 2.07. The van der Waals surface area contributed by atoms with Crippen LogP contribution in [-0.4, -0.2) is 49.9 Å². The third kappa shape index (κ3) is 3.97. The van der Waals surface area contributed by atoms with E-state index in [-0.39, 0.29) is 5.91 Å². The maximum atomic E-state index is 12.6. The molecule has 1 aliphatic rings. The van der Waals surface area contributed by atoms with Gasteiger partial charge in [0, 0.05) is 36.3 Å². The van der Waals surface area contributed by atoms with Gasteiger partial charge in [-0.1, -0.05) is 48.2 Å². The van der Waals surface area contributed by atoms with Crippen LogP contribution < -0.4 is 0 Å². The second kappa shape index (κ2) is 8.23. The maximum Gasteiger partial charge on any atom is 0.232 e. The largest absolute Gasteiger partial charge is 0.360 e. The molecule has 2 aromatic heterocycles. The van der Waals surface area contributed by atoms with E-state index in [1.807, 2.05) is 42.4 Å². The summed E-state index contributed by atoms with van der Waals surface area (Å²) in [4.78, 5) is 17.8. The molecule has 4 aromatic rings. The first kappa shape index (κ1) is 19.9. The molecule has 1 aliphatic carbocycles. The van der Waals surface area contributed by atoms with Crippen LogP contribution in [0.15, 0.2) is 59.9 Å². The molecule has 31 heavy (non-hydrogen) atoms. The van der Waals surface area contributed by atoms with Gasteiger partial charge in [0.25, 0.3) is 0 Å². The lowest BCUT2D eigenvalue weighted by Gasteiger charge is -2.17. The number of amides is 1. The third-order valence-corrected chi connectivity index (χ3v) is 6.71. The number of aryl methyl sites for hydroxylation is 1. The number of benzene rings is 2. The molecular formula is C24H25N5OS. The predicted molar refractivity (Wildman–Crippen MR) is 124 cm³/mol. The van der Waals surface area contributed by atoms with E-state index in [0.29, 0.717) is 11.7 Å². The van der Waals surface area contributed by atoms with Gasteiger partial charge in [0.15, 0.2) is 11.0 Å². The summed E-state index contributed by atoms with van der Waals surface area (Å²) in [5.74, 6) is 1.93. The van der Waals surface area contributed by atoms with Gasteiger partial charge in [0.05, 0.1) is 11.4 Å². The highest BCUT2D eigenvalue weighted by Gasteiger charge is 2.25. The SMILES string of the molecule is Cc1ccccc1-n1c(SCC(=O)N(C)CC2CC2)nnc1-c1c[nH]c2ccccc12. The van der Waals surface area contributed by atoms with Crippen molar-refractivity contribution in [2.75, 3.05) is 19.3 Å². The van der Waals surface area contributed by atoms with Gasteiger partial charge in [-0.15, -0.1) is 10.2 Å². The molecule has 1 amide bonds. The third-order valence-electron chi connectivity index (χ3n) is 5.80. The molecule has 0 radical (unpaired) electrons. The van der Waals surface area contributed by atoms with Crippen molar-refractivity contribution in [1.82, 2.24) is 24.6 Å². The Balaban J connectivity index is 1.51. The molecule has 2 heterocycles. The maximum absolute atomic E-state index is 12.6. The summed E-state index contributed by atoms with van der Waals surface area (Å²) in [6.45, 7) is 2.93. The van der Waals surface area contributed by atoms with E-state index in [0.717, 1.165) is 45.2 Å². The molecule has 2 aromatic carbocycles. The Bertz CT molecular complexity index is 1240. The van der Waals surface area contributed by atoms with Crippen molar-refractivity contribution in [3.63, 3.8) is 0 Å². The van der Waals surface area contributed by atoms with Crippen LogP contribution in [0.1, 0.15) is 18.4 Å². The van der Waals surface area contributed by atoms with Gasteiger partial charge in [0.2, 0.25) is 5.91 Å². The van der Waals surface area contributed by atoms with Gasteiger partial charge in [0.1, 0.15) is 0 Å². The Kier molecular flexibility index (Phi) is 5.28. The average Bonchev–Trinajstić information content (AvgIpc) is 3.34. The van der Waals surface area contributed by atoms with E-state index < -0.39 is 0 Å². The summed E-state index contributed by atoms with van der Waals surface area (Å²) in [7, 11) is 1.89. The first-order chi connectivity index (χ1) is 15.1. The molecule has 6 nitrogen and oxygen atoms in total. The highest BCUT2D eigenvalue weighted by atomic mass is 32.2. The van der Waals surface area contributed by atoms with Gasteiger partial charge in [-0.25, -0.2) is 0 Å². The smallest absolute Gasteiger partial charge is 0.232 e. The number of hydrogen-bond acceptors (Lipinski definition) is 4. The number of nitrogens with zero attached hydrogens (tertiary/aromatic N) is 4. The highest BCUT2D eigenvalue weighted by Crippen LogP contribution is 2.33. The summed E-state index contributed by atoms with van der Waals surface area (Å²) in [6, 6.07) is 16.4. The van der Waals surface area contributed by atoms with Crippen LogP contribution in [0.2, 0.25) is 0 Å². The molecule has 0 spiro atoms. The van der Waals surface area contributed by atoms with Crippen LogP contribution in [0.25, 0.3) is 28.0 Å². The zero-order valence-corrected chi connectivity index (χ0v) is 18.5. The number of thioether (sulfide) groups is 1. The Morgan fingerprint density at radius 3 is 2.74 bits per heavy atom. The summed E-state index contributed by atoms with van der Waals surface area (Å²) in [5.41, 5.74) is 4.20. The second-order valence-corrected chi connectivity index (χ2v) is 9.12. The lowest BCUT2D eigenvalue weighted by atomic mass is 10.1. The Hall–Kier alpha value is -3.06. The molecule has 0 aliphatic heterocycles. The lowest BCUT2D eigenvalue weighted by Crippen LogP contribution is -2.30.